The zero-order chi connectivity index (χ0) is 17.4. The predicted molar refractivity (Wildman–Crippen MR) is 91.2 cm³/mol. The maximum absolute atomic E-state index is 11.8. The molecule has 2 aromatic carbocycles. The third kappa shape index (κ3) is 5.33. The van der Waals surface area contributed by atoms with Gasteiger partial charge in [-0.25, -0.2) is 0 Å². The van der Waals surface area contributed by atoms with E-state index in [1.54, 1.807) is 18.2 Å². The molecular weight excluding hydrogens is 308 g/mol. The molecule has 0 saturated carbocycles. The summed E-state index contributed by atoms with van der Waals surface area (Å²) < 4.78 is 0. The molecule has 1 amide bonds. The summed E-state index contributed by atoms with van der Waals surface area (Å²) in [5.41, 5.74) is 2.50. The highest BCUT2D eigenvalue weighted by atomic mass is 16.6. The molecule has 0 spiro atoms. The summed E-state index contributed by atoms with van der Waals surface area (Å²) in [4.78, 5) is 22.0. The van der Waals surface area contributed by atoms with Crippen LogP contribution < -0.4 is 5.32 Å². The average Bonchev–Trinajstić information content (AvgIpc) is 2.61. The number of nitro groups is 1. The molecule has 124 valence electrons. The van der Waals surface area contributed by atoms with Crippen LogP contribution in [0.25, 0.3) is 6.08 Å². The molecule has 0 aromatic heterocycles. The highest BCUT2D eigenvalue weighted by Gasteiger charge is 2.04. The van der Waals surface area contributed by atoms with Crippen LogP contribution in [-0.4, -0.2) is 22.5 Å². The number of carbonyl (C=O) groups is 1. The van der Waals surface area contributed by atoms with E-state index in [9.17, 15) is 14.9 Å². The second-order valence-electron chi connectivity index (χ2n) is 5.20. The van der Waals surface area contributed by atoms with Crippen molar-refractivity contribution >= 4 is 17.7 Å². The number of non-ortho nitro benzene ring substituents is 1. The lowest BCUT2D eigenvalue weighted by Gasteiger charge is -2.04. The summed E-state index contributed by atoms with van der Waals surface area (Å²) in [7, 11) is 0. The first-order chi connectivity index (χ1) is 11.6. The van der Waals surface area contributed by atoms with Gasteiger partial charge in [0, 0.05) is 24.8 Å². The van der Waals surface area contributed by atoms with E-state index in [0.29, 0.717) is 18.5 Å². The Morgan fingerprint density at radius 2 is 1.88 bits per heavy atom. The zero-order valence-electron chi connectivity index (χ0n) is 13.0. The number of nitrogens with one attached hydrogen (secondary N) is 1. The van der Waals surface area contributed by atoms with Gasteiger partial charge in [-0.2, -0.15) is 0 Å². The number of aliphatic hydroxyl groups is 1. The summed E-state index contributed by atoms with van der Waals surface area (Å²) in [6, 6.07) is 13.6. The summed E-state index contributed by atoms with van der Waals surface area (Å²) in [5.74, 6) is -0.256. The molecule has 2 N–H and O–H groups in total. The Kier molecular flexibility index (Phi) is 6.22. The molecule has 6 heteroatoms. The maximum atomic E-state index is 11.8. The molecular formula is C18H18N2O4. The second kappa shape index (κ2) is 8.59. The standard InChI is InChI=1S/C18H18N2O4/c21-13-16-6-4-14(5-7-16)10-11-19-18(22)9-8-15-2-1-3-17(12-15)20(23)24/h1-9,12,21H,10-11,13H2,(H,19,22)/b9-8+. The molecule has 0 fully saturated rings. The van der Waals surface area contributed by atoms with Crippen LogP contribution in [0.1, 0.15) is 16.7 Å². The van der Waals surface area contributed by atoms with Gasteiger partial charge >= 0.3 is 0 Å². The topological polar surface area (TPSA) is 92.5 Å². The number of benzene rings is 2. The SMILES string of the molecule is O=C(/C=C/c1cccc([N+](=O)[O-])c1)NCCc1ccc(CO)cc1. The quantitative estimate of drug-likeness (QED) is 0.464. The van der Waals surface area contributed by atoms with Gasteiger partial charge in [-0.3, -0.25) is 14.9 Å². The molecule has 0 aliphatic heterocycles. The first-order valence-electron chi connectivity index (χ1n) is 7.47. The fraction of sp³-hybridized carbons (Fsp3) is 0.167. The first-order valence-corrected chi connectivity index (χ1v) is 7.47. The molecule has 0 unspecified atom stereocenters. The number of nitrogens with zero attached hydrogens (tertiary/aromatic N) is 1. The van der Waals surface area contributed by atoms with Crippen LogP contribution in [-0.2, 0) is 17.8 Å². The van der Waals surface area contributed by atoms with Crippen molar-refractivity contribution < 1.29 is 14.8 Å². The normalized spacial score (nSPS) is 10.7. The summed E-state index contributed by atoms with van der Waals surface area (Å²) >= 11 is 0. The predicted octanol–water partition coefficient (Wildman–Crippen LogP) is 2.46. The van der Waals surface area contributed by atoms with E-state index in [1.807, 2.05) is 24.3 Å². The molecule has 0 atom stereocenters. The van der Waals surface area contributed by atoms with Gasteiger partial charge in [0.15, 0.2) is 0 Å². The summed E-state index contributed by atoms with van der Waals surface area (Å²) in [6.07, 6.45) is 3.58. The van der Waals surface area contributed by atoms with Crippen LogP contribution in [0, 0.1) is 10.1 Å². The Bertz CT molecular complexity index is 739. The van der Waals surface area contributed by atoms with E-state index < -0.39 is 4.92 Å². The number of aliphatic hydroxyl groups excluding tert-OH is 1. The van der Waals surface area contributed by atoms with Gasteiger partial charge in [0.2, 0.25) is 5.91 Å². The second-order valence-corrected chi connectivity index (χ2v) is 5.20. The van der Waals surface area contributed by atoms with E-state index in [2.05, 4.69) is 5.32 Å². The minimum Gasteiger partial charge on any atom is -0.392 e. The van der Waals surface area contributed by atoms with Gasteiger partial charge < -0.3 is 10.4 Å². The lowest BCUT2D eigenvalue weighted by molar-refractivity contribution is -0.384. The highest BCUT2D eigenvalue weighted by molar-refractivity contribution is 5.91. The molecule has 2 rings (SSSR count). The van der Waals surface area contributed by atoms with E-state index >= 15 is 0 Å². The third-order valence-corrected chi connectivity index (χ3v) is 3.43. The van der Waals surface area contributed by atoms with Crippen LogP contribution in [0.5, 0.6) is 0 Å². The van der Waals surface area contributed by atoms with Gasteiger partial charge in [0.05, 0.1) is 11.5 Å². The Morgan fingerprint density at radius 3 is 2.54 bits per heavy atom. The monoisotopic (exact) mass is 326 g/mol. The Hall–Kier alpha value is -2.99. The lowest BCUT2D eigenvalue weighted by atomic mass is 10.1. The van der Waals surface area contributed by atoms with Crippen molar-refractivity contribution in [3.63, 3.8) is 0 Å². The minimum absolute atomic E-state index is 0.0103. The van der Waals surface area contributed by atoms with Crippen LogP contribution in [0.4, 0.5) is 5.69 Å². The number of amides is 1. The van der Waals surface area contributed by atoms with Crippen molar-refractivity contribution in [2.24, 2.45) is 0 Å². The van der Waals surface area contributed by atoms with Crippen molar-refractivity contribution in [1.29, 1.82) is 0 Å². The summed E-state index contributed by atoms with van der Waals surface area (Å²) in [6.45, 7) is 0.496. The third-order valence-electron chi connectivity index (χ3n) is 3.43. The first kappa shape index (κ1) is 17.4. The molecule has 2 aromatic rings. The van der Waals surface area contributed by atoms with Gasteiger partial charge in [-0.05, 0) is 29.2 Å². The minimum atomic E-state index is -0.473. The van der Waals surface area contributed by atoms with Crippen LogP contribution in [0.3, 0.4) is 0 Å². The Balaban J connectivity index is 1.82. The summed E-state index contributed by atoms with van der Waals surface area (Å²) in [5, 5.41) is 22.4. The molecule has 0 bridgehead atoms. The van der Waals surface area contributed by atoms with Crippen LogP contribution in [0.2, 0.25) is 0 Å². The van der Waals surface area contributed by atoms with E-state index in [0.717, 1.165) is 11.1 Å². The molecule has 0 saturated heterocycles. The fourth-order valence-corrected chi connectivity index (χ4v) is 2.11. The highest BCUT2D eigenvalue weighted by Crippen LogP contribution is 2.14. The number of nitro benzene ring substituents is 1. The van der Waals surface area contributed by atoms with Crippen molar-refractivity contribution in [2.75, 3.05) is 6.54 Å². The van der Waals surface area contributed by atoms with Crippen LogP contribution >= 0.6 is 0 Å². The van der Waals surface area contributed by atoms with E-state index in [-0.39, 0.29) is 18.2 Å². The van der Waals surface area contributed by atoms with Crippen LogP contribution in [0.15, 0.2) is 54.6 Å². The molecule has 0 radical (unpaired) electrons. The molecule has 0 heterocycles. The largest absolute Gasteiger partial charge is 0.392 e. The van der Waals surface area contributed by atoms with E-state index in [4.69, 9.17) is 5.11 Å². The molecule has 24 heavy (non-hydrogen) atoms. The number of carbonyl (C=O) groups excluding carboxylic acids is 1. The van der Waals surface area contributed by atoms with E-state index in [1.165, 1.54) is 18.2 Å². The zero-order valence-corrected chi connectivity index (χ0v) is 13.0. The molecule has 0 aliphatic rings. The Morgan fingerprint density at radius 1 is 1.17 bits per heavy atom. The lowest BCUT2D eigenvalue weighted by Crippen LogP contribution is -2.23. The van der Waals surface area contributed by atoms with Crippen molar-refractivity contribution in [2.45, 2.75) is 13.0 Å². The van der Waals surface area contributed by atoms with Gasteiger partial charge in [0.1, 0.15) is 0 Å². The van der Waals surface area contributed by atoms with Crippen molar-refractivity contribution in [1.82, 2.24) is 5.32 Å². The van der Waals surface area contributed by atoms with Gasteiger partial charge in [0.25, 0.3) is 5.69 Å². The number of hydrogen-bond acceptors (Lipinski definition) is 4. The number of rotatable bonds is 7. The Labute approximate surface area is 139 Å². The molecule has 0 aliphatic carbocycles. The maximum Gasteiger partial charge on any atom is 0.270 e. The number of hydrogen-bond donors (Lipinski definition) is 2. The average molecular weight is 326 g/mol. The van der Waals surface area contributed by atoms with Crippen molar-refractivity contribution in [3.8, 4) is 0 Å². The van der Waals surface area contributed by atoms with Crippen molar-refractivity contribution in [3.05, 3.63) is 81.4 Å². The van der Waals surface area contributed by atoms with Gasteiger partial charge in [-0.15, -0.1) is 0 Å². The van der Waals surface area contributed by atoms with Gasteiger partial charge in [-0.1, -0.05) is 36.4 Å². The smallest absolute Gasteiger partial charge is 0.270 e. The fourth-order valence-electron chi connectivity index (χ4n) is 2.11. The molecule has 6 nitrogen and oxygen atoms in total.